The highest BCUT2D eigenvalue weighted by molar-refractivity contribution is 6.30. The maximum absolute atomic E-state index is 5.79. The van der Waals surface area contributed by atoms with E-state index in [0.29, 0.717) is 11.6 Å². The molecule has 1 rings (SSSR count). The number of nitrogens with zero attached hydrogens (tertiary/aromatic N) is 1. The minimum Gasteiger partial charge on any atom is -0.380 e. The Morgan fingerprint density at radius 2 is 2.33 bits per heavy atom. The summed E-state index contributed by atoms with van der Waals surface area (Å²) < 4.78 is 5.03. The lowest BCUT2D eigenvalue weighted by Crippen LogP contribution is -1.97. The molecule has 1 heterocycles. The highest BCUT2D eigenvalue weighted by Crippen LogP contribution is 2.14. The number of aromatic nitrogens is 1. The minimum atomic E-state index is 0.580. The third kappa shape index (κ3) is 2.19. The summed E-state index contributed by atoms with van der Waals surface area (Å²) in [6, 6.07) is 1.90. The van der Waals surface area contributed by atoms with Crippen LogP contribution in [0.2, 0.25) is 5.02 Å². The Kier molecular flexibility index (Phi) is 3.50. The molecule has 12 heavy (non-hydrogen) atoms. The molecular weight excluding hydrogens is 174 g/mol. The van der Waals surface area contributed by atoms with Gasteiger partial charge in [0, 0.05) is 24.6 Å². The molecule has 66 valence electrons. The molecular formula is C9H12ClNO. The number of ether oxygens (including phenoxy) is 1. The van der Waals surface area contributed by atoms with Crippen molar-refractivity contribution in [3.8, 4) is 0 Å². The third-order valence-corrected chi connectivity index (χ3v) is 1.87. The molecule has 0 amide bonds. The number of pyridine rings is 1. The number of rotatable bonds is 3. The van der Waals surface area contributed by atoms with Gasteiger partial charge in [-0.2, -0.15) is 0 Å². The molecule has 2 nitrogen and oxygen atoms in total. The van der Waals surface area contributed by atoms with Gasteiger partial charge in [0.1, 0.15) is 0 Å². The molecule has 0 aromatic carbocycles. The summed E-state index contributed by atoms with van der Waals surface area (Å²) in [6.07, 6.45) is 2.58. The van der Waals surface area contributed by atoms with E-state index >= 15 is 0 Å². The van der Waals surface area contributed by atoms with E-state index in [1.165, 1.54) is 0 Å². The normalized spacial score (nSPS) is 10.2. The van der Waals surface area contributed by atoms with Gasteiger partial charge in [0.15, 0.2) is 0 Å². The zero-order valence-electron chi connectivity index (χ0n) is 7.30. The summed E-state index contributed by atoms with van der Waals surface area (Å²) in [5.41, 5.74) is 2.13. The van der Waals surface area contributed by atoms with Crippen LogP contribution in [0.1, 0.15) is 18.2 Å². The second-order valence-corrected chi connectivity index (χ2v) is 2.98. The quantitative estimate of drug-likeness (QED) is 0.722. The molecule has 0 unspecified atom stereocenters. The Bertz CT molecular complexity index is 263. The van der Waals surface area contributed by atoms with Gasteiger partial charge < -0.3 is 4.74 Å². The molecule has 0 aliphatic rings. The van der Waals surface area contributed by atoms with Gasteiger partial charge in [-0.05, 0) is 12.5 Å². The smallest absolute Gasteiger partial charge is 0.0731 e. The van der Waals surface area contributed by atoms with E-state index in [9.17, 15) is 0 Å². The van der Waals surface area contributed by atoms with Crippen molar-refractivity contribution in [3.05, 3.63) is 28.5 Å². The molecule has 1 aromatic heterocycles. The summed E-state index contributed by atoms with van der Waals surface area (Å²) in [7, 11) is 1.67. The van der Waals surface area contributed by atoms with E-state index in [-0.39, 0.29) is 0 Å². The van der Waals surface area contributed by atoms with Crippen LogP contribution in [0.5, 0.6) is 0 Å². The number of methoxy groups -OCH3 is 1. The van der Waals surface area contributed by atoms with Crippen molar-refractivity contribution >= 4 is 11.6 Å². The average Bonchev–Trinajstić information content (AvgIpc) is 2.05. The van der Waals surface area contributed by atoms with Crippen LogP contribution in [0.15, 0.2) is 12.3 Å². The lowest BCUT2D eigenvalue weighted by Gasteiger charge is -2.05. The van der Waals surface area contributed by atoms with E-state index in [2.05, 4.69) is 11.9 Å². The first kappa shape index (κ1) is 9.49. The molecule has 0 saturated heterocycles. The van der Waals surface area contributed by atoms with Gasteiger partial charge in [0.05, 0.1) is 11.6 Å². The highest BCUT2D eigenvalue weighted by Gasteiger charge is 2.01. The summed E-state index contributed by atoms with van der Waals surface area (Å²) in [4.78, 5) is 4.20. The van der Waals surface area contributed by atoms with Gasteiger partial charge in [-0.25, -0.2) is 0 Å². The summed E-state index contributed by atoms with van der Waals surface area (Å²) >= 11 is 5.79. The lowest BCUT2D eigenvalue weighted by molar-refractivity contribution is 0.184. The van der Waals surface area contributed by atoms with Crippen LogP contribution in [-0.4, -0.2) is 12.1 Å². The maximum Gasteiger partial charge on any atom is 0.0731 e. The van der Waals surface area contributed by atoms with Crippen molar-refractivity contribution in [1.29, 1.82) is 0 Å². The van der Waals surface area contributed by atoms with Crippen molar-refractivity contribution in [1.82, 2.24) is 4.98 Å². The fraction of sp³-hybridized carbons (Fsp3) is 0.444. The first-order chi connectivity index (χ1) is 5.77. The molecule has 0 bridgehead atoms. The van der Waals surface area contributed by atoms with Gasteiger partial charge in [-0.3, -0.25) is 4.98 Å². The first-order valence-electron chi connectivity index (χ1n) is 3.90. The molecule has 0 saturated carbocycles. The average molecular weight is 186 g/mol. The van der Waals surface area contributed by atoms with Crippen molar-refractivity contribution < 1.29 is 4.74 Å². The standard InChI is InChI=1S/C9H12ClNO/c1-3-9-7(6-12-2)4-8(10)5-11-9/h4-5H,3,6H2,1-2H3. The second kappa shape index (κ2) is 4.43. The minimum absolute atomic E-state index is 0.580. The predicted molar refractivity (Wildman–Crippen MR) is 49.3 cm³/mol. The van der Waals surface area contributed by atoms with Crippen LogP contribution in [0.25, 0.3) is 0 Å². The van der Waals surface area contributed by atoms with E-state index in [4.69, 9.17) is 16.3 Å². The van der Waals surface area contributed by atoms with Gasteiger partial charge in [-0.15, -0.1) is 0 Å². The molecule has 3 heteroatoms. The van der Waals surface area contributed by atoms with Gasteiger partial charge in [-0.1, -0.05) is 18.5 Å². The van der Waals surface area contributed by atoms with E-state index in [0.717, 1.165) is 17.7 Å². The molecule has 0 aliphatic heterocycles. The molecule has 1 aromatic rings. The monoisotopic (exact) mass is 185 g/mol. The Morgan fingerprint density at radius 1 is 1.58 bits per heavy atom. The van der Waals surface area contributed by atoms with Crippen LogP contribution in [0, 0.1) is 0 Å². The number of hydrogen-bond donors (Lipinski definition) is 0. The SMILES string of the molecule is CCc1ncc(Cl)cc1COC. The van der Waals surface area contributed by atoms with Crippen LogP contribution in [-0.2, 0) is 17.8 Å². The summed E-state index contributed by atoms with van der Waals surface area (Å²) in [6.45, 7) is 2.64. The Hall–Kier alpha value is -0.600. The summed E-state index contributed by atoms with van der Waals surface area (Å²) in [5, 5.41) is 0.666. The van der Waals surface area contributed by atoms with Crippen LogP contribution in [0.3, 0.4) is 0 Å². The molecule has 0 atom stereocenters. The van der Waals surface area contributed by atoms with Crippen molar-refractivity contribution in [2.75, 3.05) is 7.11 Å². The van der Waals surface area contributed by atoms with Crippen molar-refractivity contribution in [2.24, 2.45) is 0 Å². The van der Waals surface area contributed by atoms with Crippen LogP contribution >= 0.6 is 11.6 Å². The predicted octanol–water partition coefficient (Wildman–Crippen LogP) is 2.44. The third-order valence-electron chi connectivity index (χ3n) is 1.66. The largest absolute Gasteiger partial charge is 0.380 e. The van der Waals surface area contributed by atoms with E-state index in [1.54, 1.807) is 13.3 Å². The molecule has 0 fully saturated rings. The van der Waals surface area contributed by atoms with Gasteiger partial charge in [0.2, 0.25) is 0 Å². The van der Waals surface area contributed by atoms with Crippen LogP contribution in [0.4, 0.5) is 0 Å². The van der Waals surface area contributed by atoms with E-state index in [1.807, 2.05) is 6.07 Å². The maximum atomic E-state index is 5.79. The van der Waals surface area contributed by atoms with Gasteiger partial charge in [0.25, 0.3) is 0 Å². The molecule has 0 N–H and O–H groups in total. The first-order valence-corrected chi connectivity index (χ1v) is 4.28. The fourth-order valence-electron chi connectivity index (χ4n) is 1.11. The molecule has 0 aliphatic carbocycles. The molecule has 0 radical (unpaired) electrons. The zero-order valence-corrected chi connectivity index (χ0v) is 8.06. The number of halogens is 1. The number of aryl methyl sites for hydroxylation is 1. The highest BCUT2D eigenvalue weighted by atomic mass is 35.5. The second-order valence-electron chi connectivity index (χ2n) is 2.55. The van der Waals surface area contributed by atoms with Crippen molar-refractivity contribution in [3.63, 3.8) is 0 Å². The Balaban J connectivity index is 2.95. The Morgan fingerprint density at radius 3 is 2.92 bits per heavy atom. The fourth-order valence-corrected chi connectivity index (χ4v) is 1.29. The lowest BCUT2D eigenvalue weighted by atomic mass is 10.2. The Labute approximate surface area is 77.5 Å². The topological polar surface area (TPSA) is 22.1 Å². The molecule has 0 spiro atoms. The van der Waals surface area contributed by atoms with Crippen LogP contribution < -0.4 is 0 Å². The number of hydrogen-bond acceptors (Lipinski definition) is 2. The van der Waals surface area contributed by atoms with Crippen molar-refractivity contribution in [2.45, 2.75) is 20.0 Å². The summed E-state index contributed by atoms with van der Waals surface area (Å²) in [5.74, 6) is 0. The zero-order chi connectivity index (χ0) is 8.97. The van der Waals surface area contributed by atoms with E-state index < -0.39 is 0 Å². The van der Waals surface area contributed by atoms with Gasteiger partial charge >= 0.3 is 0 Å².